The highest BCUT2D eigenvalue weighted by atomic mass is 32.2. The Morgan fingerprint density at radius 3 is 2.90 bits per heavy atom. The molecule has 2 aliphatic heterocycles. The molecule has 1 aromatic heterocycles. The van der Waals surface area contributed by atoms with E-state index in [9.17, 15) is 4.79 Å². The Balaban J connectivity index is 1.35. The molecule has 7 heteroatoms. The van der Waals surface area contributed by atoms with Crippen LogP contribution in [0.15, 0.2) is 41.6 Å². The second-order valence-corrected chi connectivity index (χ2v) is 9.13. The minimum Gasteiger partial charge on any atom is -0.377 e. The van der Waals surface area contributed by atoms with Crippen molar-refractivity contribution in [2.45, 2.75) is 50.3 Å². The lowest BCUT2D eigenvalue weighted by Gasteiger charge is -2.23. The first-order chi connectivity index (χ1) is 14.7. The molecule has 2 saturated heterocycles. The number of ether oxygens (including phenoxy) is 1. The highest BCUT2D eigenvalue weighted by Crippen LogP contribution is 2.28. The fourth-order valence-electron chi connectivity index (χ4n) is 4.15. The van der Waals surface area contributed by atoms with Crippen LogP contribution in [0.3, 0.4) is 0 Å². The van der Waals surface area contributed by atoms with Crippen molar-refractivity contribution in [3.63, 3.8) is 0 Å². The maximum Gasteiger partial charge on any atom is 0.255 e. The van der Waals surface area contributed by atoms with Crippen LogP contribution in [0.1, 0.15) is 42.1 Å². The van der Waals surface area contributed by atoms with Gasteiger partial charge in [-0.1, -0.05) is 12.1 Å². The molecule has 6 nitrogen and oxygen atoms in total. The number of nitrogens with zero attached hydrogens (tertiary/aromatic N) is 4. The summed E-state index contributed by atoms with van der Waals surface area (Å²) in [6, 6.07) is 8.04. The number of amides is 1. The predicted molar refractivity (Wildman–Crippen MR) is 120 cm³/mol. The summed E-state index contributed by atoms with van der Waals surface area (Å²) in [5.74, 6) is 1.08. The number of hydrogen-bond donors (Lipinski definition) is 0. The molecule has 1 atom stereocenters. The average molecular weight is 429 g/mol. The van der Waals surface area contributed by atoms with E-state index < -0.39 is 0 Å². The van der Waals surface area contributed by atoms with Crippen molar-refractivity contribution in [2.75, 3.05) is 38.5 Å². The molecule has 0 saturated carbocycles. The number of thioether (sulfide) groups is 1. The van der Waals surface area contributed by atoms with Crippen molar-refractivity contribution in [3.05, 3.63) is 47.8 Å². The number of benzene rings is 1. The van der Waals surface area contributed by atoms with Gasteiger partial charge in [0.1, 0.15) is 0 Å². The Kier molecular flexibility index (Phi) is 7.47. The summed E-state index contributed by atoms with van der Waals surface area (Å²) in [6.45, 7) is 8.26. The first-order valence-corrected chi connectivity index (χ1v) is 12.1. The number of hydrogen-bond acceptors (Lipinski definition) is 5. The average Bonchev–Trinajstić information content (AvgIpc) is 3.40. The van der Waals surface area contributed by atoms with Gasteiger partial charge in [-0.3, -0.25) is 14.4 Å². The molecule has 0 N–H and O–H groups in total. The zero-order valence-corrected chi connectivity index (χ0v) is 18.6. The van der Waals surface area contributed by atoms with Gasteiger partial charge in [-0.25, -0.2) is 0 Å². The molecular formula is C23H32N4O2S. The molecule has 2 aliphatic rings. The Labute approximate surface area is 183 Å². The van der Waals surface area contributed by atoms with Crippen LogP contribution in [0.2, 0.25) is 0 Å². The van der Waals surface area contributed by atoms with Crippen molar-refractivity contribution in [2.24, 2.45) is 0 Å². The molecule has 2 fully saturated rings. The third-order valence-corrected chi connectivity index (χ3v) is 7.06. The SMILES string of the molecule is CCn1cc(CN2CCCN(C(=O)c3ccccc3SCC3CCCO3)CC2)cn1. The summed E-state index contributed by atoms with van der Waals surface area (Å²) in [5, 5.41) is 4.38. The largest absolute Gasteiger partial charge is 0.377 e. The normalized spacial score (nSPS) is 20.4. The molecule has 2 aromatic rings. The van der Waals surface area contributed by atoms with Gasteiger partial charge in [0.25, 0.3) is 5.91 Å². The number of aromatic nitrogens is 2. The second kappa shape index (κ2) is 10.5. The summed E-state index contributed by atoms with van der Waals surface area (Å²) >= 11 is 1.76. The monoisotopic (exact) mass is 428 g/mol. The molecule has 1 unspecified atom stereocenters. The van der Waals surface area contributed by atoms with E-state index in [1.54, 1.807) is 11.8 Å². The summed E-state index contributed by atoms with van der Waals surface area (Å²) in [6.07, 6.45) is 7.67. The lowest BCUT2D eigenvalue weighted by Crippen LogP contribution is -2.35. The van der Waals surface area contributed by atoms with Crippen LogP contribution in [0.25, 0.3) is 0 Å². The van der Waals surface area contributed by atoms with Gasteiger partial charge in [-0.15, -0.1) is 11.8 Å². The van der Waals surface area contributed by atoms with Crippen molar-refractivity contribution in [1.82, 2.24) is 19.6 Å². The molecular weight excluding hydrogens is 396 g/mol. The molecule has 30 heavy (non-hydrogen) atoms. The van der Waals surface area contributed by atoms with Crippen molar-refractivity contribution >= 4 is 17.7 Å². The van der Waals surface area contributed by atoms with Crippen molar-refractivity contribution in [3.8, 4) is 0 Å². The molecule has 0 radical (unpaired) electrons. The summed E-state index contributed by atoms with van der Waals surface area (Å²) in [7, 11) is 0. The second-order valence-electron chi connectivity index (χ2n) is 8.07. The van der Waals surface area contributed by atoms with Gasteiger partial charge in [0, 0.05) is 68.3 Å². The van der Waals surface area contributed by atoms with Gasteiger partial charge in [-0.05, 0) is 38.3 Å². The smallest absolute Gasteiger partial charge is 0.255 e. The van der Waals surface area contributed by atoms with Gasteiger partial charge in [0.05, 0.1) is 17.9 Å². The van der Waals surface area contributed by atoms with E-state index in [0.717, 1.165) is 81.3 Å². The van der Waals surface area contributed by atoms with Crippen LogP contribution < -0.4 is 0 Å². The highest BCUT2D eigenvalue weighted by Gasteiger charge is 2.23. The maximum atomic E-state index is 13.3. The first kappa shape index (κ1) is 21.4. The van der Waals surface area contributed by atoms with E-state index in [4.69, 9.17) is 4.74 Å². The van der Waals surface area contributed by atoms with Crippen LogP contribution in [0, 0.1) is 0 Å². The zero-order valence-electron chi connectivity index (χ0n) is 17.8. The number of carbonyl (C=O) groups excluding carboxylic acids is 1. The molecule has 0 aliphatic carbocycles. The van der Waals surface area contributed by atoms with E-state index in [1.165, 1.54) is 5.56 Å². The minimum absolute atomic E-state index is 0.158. The fourth-order valence-corrected chi connectivity index (χ4v) is 5.26. The van der Waals surface area contributed by atoms with Gasteiger partial charge in [-0.2, -0.15) is 5.10 Å². The van der Waals surface area contributed by atoms with Crippen LogP contribution in [-0.4, -0.2) is 70.1 Å². The summed E-state index contributed by atoms with van der Waals surface area (Å²) < 4.78 is 7.72. The van der Waals surface area contributed by atoms with Crippen LogP contribution in [0.5, 0.6) is 0 Å². The van der Waals surface area contributed by atoms with E-state index in [0.29, 0.717) is 6.10 Å². The molecule has 3 heterocycles. The molecule has 1 aromatic carbocycles. The van der Waals surface area contributed by atoms with Gasteiger partial charge in [0.15, 0.2) is 0 Å². The molecule has 1 amide bonds. The molecule has 162 valence electrons. The zero-order chi connectivity index (χ0) is 20.8. The highest BCUT2D eigenvalue weighted by molar-refractivity contribution is 7.99. The van der Waals surface area contributed by atoms with Crippen LogP contribution in [0.4, 0.5) is 0 Å². The first-order valence-electron chi connectivity index (χ1n) is 11.1. The number of aryl methyl sites for hydroxylation is 1. The minimum atomic E-state index is 0.158. The molecule has 0 spiro atoms. The third kappa shape index (κ3) is 5.45. The third-order valence-electron chi connectivity index (χ3n) is 5.86. The van der Waals surface area contributed by atoms with Crippen molar-refractivity contribution < 1.29 is 9.53 Å². The Morgan fingerprint density at radius 2 is 2.10 bits per heavy atom. The Bertz CT molecular complexity index is 834. The van der Waals surface area contributed by atoms with Crippen LogP contribution >= 0.6 is 11.8 Å². The molecule has 4 rings (SSSR count). The predicted octanol–water partition coefficient (Wildman–Crippen LogP) is 3.52. The van der Waals surface area contributed by atoms with Gasteiger partial charge in [0.2, 0.25) is 0 Å². The standard InChI is InChI=1S/C23H32N4O2S/c1-2-27-17-19(15-24-27)16-25-10-6-11-26(13-12-25)23(28)21-8-3-4-9-22(21)30-18-20-7-5-14-29-20/h3-4,8-9,15,17,20H,2,5-7,10-14,16,18H2,1H3. The topological polar surface area (TPSA) is 50.6 Å². The summed E-state index contributed by atoms with van der Waals surface area (Å²) in [5.41, 5.74) is 2.07. The van der Waals surface area contributed by atoms with Gasteiger partial charge >= 0.3 is 0 Å². The van der Waals surface area contributed by atoms with E-state index >= 15 is 0 Å². The van der Waals surface area contributed by atoms with E-state index in [2.05, 4.69) is 29.2 Å². The number of rotatable bonds is 7. The fraction of sp³-hybridized carbons (Fsp3) is 0.565. The Hall–Kier alpha value is -1.83. The van der Waals surface area contributed by atoms with Gasteiger partial charge < -0.3 is 9.64 Å². The summed E-state index contributed by atoms with van der Waals surface area (Å²) in [4.78, 5) is 18.9. The van der Waals surface area contributed by atoms with E-state index in [1.807, 2.05) is 34.0 Å². The van der Waals surface area contributed by atoms with Crippen molar-refractivity contribution in [1.29, 1.82) is 0 Å². The lowest BCUT2D eigenvalue weighted by molar-refractivity contribution is 0.0757. The Morgan fingerprint density at radius 1 is 1.20 bits per heavy atom. The maximum absolute atomic E-state index is 13.3. The quantitative estimate of drug-likeness (QED) is 0.632. The lowest BCUT2D eigenvalue weighted by atomic mass is 10.2. The van der Waals surface area contributed by atoms with E-state index in [-0.39, 0.29) is 5.91 Å². The number of carbonyl (C=O) groups is 1. The molecule has 0 bridgehead atoms. The van der Waals surface area contributed by atoms with Crippen LogP contribution in [-0.2, 0) is 17.8 Å².